The van der Waals surface area contributed by atoms with Crippen LogP contribution in [-0.4, -0.2) is 43.0 Å². The second-order valence-corrected chi connectivity index (χ2v) is 6.61. The highest BCUT2D eigenvalue weighted by atomic mass is 35.5. The van der Waals surface area contributed by atoms with E-state index in [4.69, 9.17) is 11.6 Å². The van der Waals surface area contributed by atoms with Crippen LogP contribution in [0.4, 0.5) is 5.82 Å². The number of aromatic carboxylic acids is 1. The third kappa shape index (κ3) is 4.01. The van der Waals surface area contributed by atoms with Crippen molar-refractivity contribution in [1.82, 2.24) is 14.8 Å². The first kappa shape index (κ1) is 18.7. The van der Waals surface area contributed by atoms with E-state index >= 15 is 0 Å². The zero-order valence-corrected chi connectivity index (χ0v) is 15.4. The van der Waals surface area contributed by atoms with Gasteiger partial charge in [-0.1, -0.05) is 11.6 Å². The summed E-state index contributed by atoms with van der Waals surface area (Å²) in [5.41, 5.74) is 1.94. The number of benzene rings is 1. The van der Waals surface area contributed by atoms with Crippen molar-refractivity contribution in [3.05, 3.63) is 52.3 Å². The van der Waals surface area contributed by atoms with Gasteiger partial charge in [0, 0.05) is 16.1 Å². The number of hydrogen-bond acceptors (Lipinski definition) is 5. The van der Waals surface area contributed by atoms with E-state index in [-0.39, 0.29) is 17.9 Å². The number of pyridine rings is 1. The first-order chi connectivity index (χ1) is 12.7. The normalized spacial score (nSPS) is 12.1. The molecule has 1 atom stereocenters. The van der Waals surface area contributed by atoms with Gasteiger partial charge in [-0.2, -0.15) is 5.10 Å². The Morgan fingerprint density at radius 1 is 1.22 bits per heavy atom. The molecule has 0 aliphatic heterocycles. The van der Waals surface area contributed by atoms with Gasteiger partial charge in [0.1, 0.15) is 17.4 Å². The van der Waals surface area contributed by atoms with E-state index in [1.807, 2.05) is 19.9 Å². The standard InChI is InChI=1S/C18H17ClN4O4/c1-9-5-10(2)23(22-9)8-15(18(26)27)21-16-13(17(24)25)7-11-6-12(19)3-4-14(11)20-16/h3-7,15H,8H2,1-2H3,(H,20,21)(H,24,25)(H,26,27). The molecule has 0 saturated heterocycles. The Morgan fingerprint density at radius 3 is 2.56 bits per heavy atom. The van der Waals surface area contributed by atoms with Gasteiger partial charge in [0.2, 0.25) is 0 Å². The van der Waals surface area contributed by atoms with Crippen LogP contribution < -0.4 is 5.32 Å². The van der Waals surface area contributed by atoms with Crippen molar-refractivity contribution in [1.29, 1.82) is 0 Å². The number of aryl methyl sites for hydroxylation is 2. The molecular formula is C18H17ClN4O4. The number of nitrogens with one attached hydrogen (secondary N) is 1. The van der Waals surface area contributed by atoms with Crippen LogP contribution in [0.3, 0.4) is 0 Å². The Hall–Kier alpha value is -3.13. The molecule has 9 heteroatoms. The molecular weight excluding hydrogens is 372 g/mol. The second-order valence-electron chi connectivity index (χ2n) is 6.17. The average Bonchev–Trinajstić information content (AvgIpc) is 2.90. The number of carboxylic acids is 2. The zero-order valence-electron chi connectivity index (χ0n) is 14.6. The highest BCUT2D eigenvalue weighted by Crippen LogP contribution is 2.24. The number of fused-ring (bicyclic) bond motifs is 1. The lowest BCUT2D eigenvalue weighted by atomic mass is 10.1. The third-order valence-electron chi connectivity index (χ3n) is 4.08. The minimum atomic E-state index is -1.22. The van der Waals surface area contributed by atoms with Crippen molar-refractivity contribution in [2.24, 2.45) is 0 Å². The molecule has 3 rings (SSSR count). The topological polar surface area (TPSA) is 117 Å². The molecule has 1 unspecified atom stereocenters. The molecule has 0 saturated carbocycles. The van der Waals surface area contributed by atoms with Crippen molar-refractivity contribution < 1.29 is 19.8 Å². The number of hydrogen-bond donors (Lipinski definition) is 3. The van der Waals surface area contributed by atoms with E-state index in [1.54, 1.807) is 22.9 Å². The molecule has 1 aromatic carbocycles. The van der Waals surface area contributed by atoms with Crippen molar-refractivity contribution in [2.45, 2.75) is 26.4 Å². The van der Waals surface area contributed by atoms with Crippen LogP contribution in [0.2, 0.25) is 5.02 Å². The molecule has 0 fully saturated rings. The Kier molecular flexibility index (Phi) is 5.00. The summed E-state index contributed by atoms with van der Waals surface area (Å²) in [6.07, 6.45) is 0. The minimum Gasteiger partial charge on any atom is -0.480 e. The number of carbonyl (C=O) groups is 2. The molecule has 2 heterocycles. The predicted octanol–water partition coefficient (Wildman–Crippen LogP) is 2.97. The maximum Gasteiger partial charge on any atom is 0.339 e. The molecule has 0 aliphatic rings. The van der Waals surface area contributed by atoms with Gasteiger partial charge in [0.05, 0.1) is 17.8 Å². The lowest BCUT2D eigenvalue weighted by molar-refractivity contribution is -0.138. The van der Waals surface area contributed by atoms with Gasteiger partial charge in [-0.25, -0.2) is 14.6 Å². The molecule has 2 aromatic heterocycles. The van der Waals surface area contributed by atoms with E-state index in [9.17, 15) is 19.8 Å². The summed E-state index contributed by atoms with van der Waals surface area (Å²) in [6, 6.07) is 7.01. The van der Waals surface area contributed by atoms with Gasteiger partial charge < -0.3 is 15.5 Å². The molecule has 27 heavy (non-hydrogen) atoms. The van der Waals surface area contributed by atoms with Crippen LogP contribution in [-0.2, 0) is 11.3 Å². The molecule has 0 spiro atoms. The van der Waals surface area contributed by atoms with Crippen LogP contribution in [0.15, 0.2) is 30.3 Å². The maximum atomic E-state index is 11.7. The highest BCUT2D eigenvalue weighted by molar-refractivity contribution is 6.31. The number of anilines is 1. The molecule has 0 aliphatic carbocycles. The van der Waals surface area contributed by atoms with Crippen LogP contribution in [0.25, 0.3) is 10.9 Å². The van der Waals surface area contributed by atoms with Gasteiger partial charge in [0.15, 0.2) is 0 Å². The van der Waals surface area contributed by atoms with Gasteiger partial charge >= 0.3 is 11.9 Å². The van der Waals surface area contributed by atoms with E-state index < -0.39 is 18.0 Å². The Labute approximate surface area is 159 Å². The van der Waals surface area contributed by atoms with Crippen LogP contribution >= 0.6 is 11.6 Å². The van der Waals surface area contributed by atoms with Gasteiger partial charge in [-0.15, -0.1) is 0 Å². The number of rotatable bonds is 6. The number of halogens is 1. The van der Waals surface area contributed by atoms with Gasteiger partial charge in [0.25, 0.3) is 0 Å². The fourth-order valence-corrected chi connectivity index (χ4v) is 2.98. The first-order valence-corrected chi connectivity index (χ1v) is 8.46. The Bertz CT molecular complexity index is 1050. The molecule has 3 aromatic rings. The van der Waals surface area contributed by atoms with Crippen molar-refractivity contribution in [2.75, 3.05) is 5.32 Å². The summed E-state index contributed by atoms with van der Waals surface area (Å²) >= 11 is 5.95. The summed E-state index contributed by atoms with van der Waals surface area (Å²) < 4.78 is 1.56. The van der Waals surface area contributed by atoms with E-state index in [0.717, 1.165) is 11.4 Å². The number of carboxylic acid groups (broad SMARTS) is 2. The molecule has 3 N–H and O–H groups in total. The van der Waals surface area contributed by atoms with Crippen LogP contribution in [0.5, 0.6) is 0 Å². The minimum absolute atomic E-state index is 0.0220. The predicted molar refractivity (Wildman–Crippen MR) is 100 cm³/mol. The van der Waals surface area contributed by atoms with Crippen LogP contribution in [0.1, 0.15) is 21.7 Å². The Balaban J connectivity index is 1.99. The SMILES string of the molecule is Cc1cc(C)n(CC(Nc2nc3ccc(Cl)cc3cc2C(=O)O)C(=O)O)n1. The number of nitrogens with zero attached hydrogens (tertiary/aromatic N) is 3. The second kappa shape index (κ2) is 7.24. The van der Waals surface area contributed by atoms with Crippen LogP contribution in [0, 0.1) is 13.8 Å². The zero-order chi connectivity index (χ0) is 19.7. The average molecular weight is 389 g/mol. The van der Waals surface area contributed by atoms with Gasteiger partial charge in [-0.3, -0.25) is 4.68 Å². The summed E-state index contributed by atoms with van der Waals surface area (Å²) in [7, 11) is 0. The molecule has 0 radical (unpaired) electrons. The van der Waals surface area contributed by atoms with Crippen molar-refractivity contribution in [3.63, 3.8) is 0 Å². The Morgan fingerprint density at radius 2 is 1.96 bits per heavy atom. The molecule has 140 valence electrons. The largest absolute Gasteiger partial charge is 0.480 e. The van der Waals surface area contributed by atoms with Crippen molar-refractivity contribution >= 4 is 40.3 Å². The summed E-state index contributed by atoms with van der Waals surface area (Å²) in [5.74, 6) is -2.38. The lowest BCUT2D eigenvalue weighted by Crippen LogP contribution is -2.35. The fourth-order valence-electron chi connectivity index (χ4n) is 2.80. The molecule has 0 bridgehead atoms. The van der Waals surface area contributed by atoms with E-state index in [0.29, 0.717) is 15.9 Å². The number of aliphatic carboxylic acids is 1. The van der Waals surface area contributed by atoms with E-state index in [1.165, 1.54) is 6.07 Å². The summed E-state index contributed by atoms with van der Waals surface area (Å²) in [5, 5.41) is 27.1. The van der Waals surface area contributed by atoms with Crippen molar-refractivity contribution in [3.8, 4) is 0 Å². The quantitative estimate of drug-likeness (QED) is 0.594. The highest BCUT2D eigenvalue weighted by Gasteiger charge is 2.23. The smallest absolute Gasteiger partial charge is 0.339 e. The third-order valence-corrected chi connectivity index (χ3v) is 4.31. The fraction of sp³-hybridized carbons (Fsp3) is 0.222. The lowest BCUT2D eigenvalue weighted by Gasteiger charge is -2.18. The summed E-state index contributed by atoms with van der Waals surface area (Å²) in [4.78, 5) is 27.6. The number of aromatic nitrogens is 3. The first-order valence-electron chi connectivity index (χ1n) is 8.08. The van der Waals surface area contributed by atoms with Gasteiger partial charge in [-0.05, 0) is 44.2 Å². The molecule has 8 nitrogen and oxygen atoms in total. The maximum absolute atomic E-state index is 11.7. The monoisotopic (exact) mass is 388 g/mol. The van der Waals surface area contributed by atoms with E-state index in [2.05, 4.69) is 15.4 Å². The summed E-state index contributed by atoms with van der Waals surface area (Å²) in [6.45, 7) is 3.65. The molecule has 0 amide bonds.